The maximum Gasteiger partial charge on any atom is 0.153 e. The van der Waals surface area contributed by atoms with Gasteiger partial charge in [0.05, 0.1) is 12.1 Å². The van der Waals surface area contributed by atoms with E-state index in [0.29, 0.717) is 18.8 Å². The van der Waals surface area contributed by atoms with Crippen LogP contribution in [0.3, 0.4) is 0 Å². The molecule has 0 amide bonds. The first-order valence-corrected chi connectivity index (χ1v) is 5.69. The van der Waals surface area contributed by atoms with Gasteiger partial charge in [-0.05, 0) is 11.1 Å². The highest BCUT2D eigenvalue weighted by Crippen LogP contribution is 2.40. The van der Waals surface area contributed by atoms with Gasteiger partial charge in [-0.25, -0.2) is 0 Å². The van der Waals surface area contributed by atoms with Crippen molar-refractivity contribution in [2.45, 2.75) is 18.6 Å². The van der Waals surface area contributed by atoms with Gasteiger partial charge in [0.1, 0.15) is 13.3 Å². The van der Waals surface area contributed by atoms with E-state index in [1.807, 2.05) is 0 Å². The average molecular weight is 215 g/mol. The number of nitrogens with one attached hydrogen (secondary N) is 1. The lowest BCUT2D eigenvalue weighted by atomic mass is 10.1. The summed E-state index contributed by atoms with van der Waals surface area (Å²) >= 11 is 0. The summed E-state index contributed by atoms with van der Waals surface area (Å²) in [6, 6.07) is 8.99. The molecule has 2 atom stereocenters. The first kappa shape index (κ1) is 8.58. The number of ether oxygens (including phenoxy) is 1. The van der Waals surface area contributed by atoms with Crippen LogP contribution in [0, 0.1) is 0 Å². The molecule has 2 heterocycles. The van der Waals surface area contributed by atoms with Crippen LogP contribution in [0.5, 0.6) is 0 Å². The predicted octanol–water partition coefficient (Wildman–Crippen LogP) is 0.859. The Labute approximate surface area is 93.9 Å². The van der Waals surface area contributed by atoms with Crippen molar-refractivity contribution in [3.63, 3.8) is 0 Å². The largest absolute Gasteiger partial charge is 0.367 e. The van der Waals surface area contributed by atoms with Gasteiger partial charge in [0, 0.05) is 6.42 Å². The summed E-state index contributed by atoms with van der Waals surface area (Å²) in [5.41, 5.74) is 5.87. The van der Waals surface area contributed by atoms with E-state index >= 15 is 0 Å². The van der Waals surface area contributed by atoms with Crippen molar-refractivity contribution >= 4 is 5.84 Å². The second kappa shape index (κ2) is 2.98. The molecule has 1 N–H and O–H groups in total. The summed E-state index contributed by atoms with van der Waals surface area (Å²) in [4.78, 5) is 2.33. The smallest absolute Gasteiger partial charge is 0.153 e. The second-order valence-electron chi connectivity index (χ2n) is 4.51. The summed E-state index contributed by atoms with van der Waals surface area (Å²) in [5, 5.41) is 4.26. The molecular formula is C12H13N3O. The fourth-order valence-corrected chi connectivity index (χ4v) is 2.97. The van der Waals surface area contributed by atoms with Gasteiger partial charge in [-0.15, -0.1) is 0 Å². The Balaban J connectivity index is 1.81. The molecule has 0 spiro atoms. The third-order valence-corrected chi connectivity index (χ3v) is 3.69. The zero-order valence-corrected chi connectivity index (χ0v) is 8.89. The van der Waals surface area contributed by atoms with E-state index in [9.17, 15) is 0 Å². The lowest BCUT2D eigenvalue weighted by molar-refractivity contribution is 0.00442. The number of hydrogen-bond acceptors (Lipinski definition) is 4. The van der Waals surface area contributed by atoms with Crippen LogP contribution in [-0.4, -0.2) is 30.1 Å². The number of hydrogen-bond donors (Lipinski definition) is 1. The van der Waals surface area contributed by atoms with Gasteiger partial charge in [0.15, 0.2) is 5.84 Å². The van der Waals surface area contributed by atoms with Crippen molar-refractivity contribution in [2.24, 2.45) is 5.10 Å². The minimum atomic E-state index is 0.302. The SMILES string of the molecule is c1ccc2c(c1)C[C@@H]1OCC3=NNCN3[C@H]21. The molecule has 1 aromatic rings. The molecule has 1 saturated heterocycles. The number of hydrazone groups is 1. The molecule has 0 radical (unpaired) electrons. The average Bonchev–Trinajstić information content (AvgIpc) is 2.91. The van der Waals surface area contributed by atoms with Crippen molar-refractivity contribution in [3.05, 3.63) is 35.4 Å². The molecule has 1 fully saturated rings. The Hall–Kier alpha value is -1.55. The van der Waals surface area contributed by atoms with E-state index in [2.05, 4.69) is 39.7 Å². The zero-order valence-electron chi connectivity index (χ0n) is 8.89. The van der Waals surface area contributed by atoms with Crippen molar-refractivity contribution < 1.29 is 4.74 Å². The standard InChI is InChI=1S/C12H13N3O/c1-2-4-9-8(3-1)5-10-12(9)15-7-13-14-11(15)6-16-10/h1-4,10,12-13H,5-7H2/t10-,12+/m0/s1. The number of amidine groups is 1. The molecule has 2 aliphatic heterocycles. The quantitative estimate of drug-likeness (QED) is 0.697. The summed E-state index contributed by atoms with van der Waals surface area (Å²) in [7, 11) is 0. The highest BCUT2D eigenvalue weighted by Gasteiger charge is 2.43. The van der Waals surface area contributed by atoms with Gasteiger partial charge in [-0.3, -0.25) is 5.43 Å². The van der Waals surface area contributed by atoms with Gasteiger partial charge >= 0.3 is 0 Å². The fraction of sp³-hybridized carbons (Fsp3) is 0.417. The third-order valence-electron chi connectivity index (χ3n) is 3.69. The number of fused-ring (bicyclic) bond motifs is 5. The van der Waals surface area contributed by atoms with Crippen LogP contribution < -0.4 is 5.43 Å². The molecule has 0 bridgehead atoms. The summed E-state index contributed by atoms with van der Waals surface area (Å²) in [6.45, 7) is 1.45. The number of nitrogens with zero attached hydrogens (tertiary/aromatic N) is 2. The van der Waals surface area contributed by atoms with Crippen LogP contribution in [0.4, 0.5) is 0 Å². The Bertz CT molecular complexity index is 471. The normalized spacial score (nSPS) is 30.2. The third kappa shape index (κ3) is 0.998. The molecule has 4 rings (SSSR count). The highest BCUT2D eigenvalue weighted by atomic mass is 16.5. The molecule has 16 heavy (non-hydrogen) atoms. The maximum absolute atomic E-state index is 5.89. The first-order chi connectivity index (χ1) is 7.93. The predicted molar refractivity (Wildman–Crippen MR) is 59.9 cm³/mol. The van der Waals surface area contributed by atoms with Crippen molar-refractivity contribution in [3.8, 4) is 0 Å². The Morgan fingerprint density at radius 2 is 2.31 bits per heavy atom. The van der Waals surface area contributed by atoms with E-state index in [-0.39, 0.29) is 0 Å². The minimum absolute atomic E-state index is 0.302. The van der Waals surface area contributed by atoms with Gasteiger partial charge in [-0.1, -0.05) is 24.3 Å². The van der Waals surface area contributed by atoms with Crippen molar-refractivity contribution in [1.82, 2.24) is 10.3 Å². The molecule has 1 aliphatic carbocycles. The zero-order chi connectivity index (χ0) is 10.5. The van der Waals surface area contributed by atoms with E-state index in [1.165, 1.54) is 11.1 Å². The lowest BCUT2D eigenvalue weighted by Crippen LogP contribution is -2.46. The van der Waals surface area contributed by atoms with Crippen LogP contribution in [0.1, 0.15) is 17.2 Å². The fourth-order valence-electron chi connectivity index (χ4n) is 2.97. The van der Waals surface area contributed by atoms with E-state index in [1.54, 1.807) is 0 Å². The van der Waals surface area contributed by atoms with Gasteiger partial charge in [0.25, 0.3) is 0 Å². The topological polar surface area (TPSA) is 36.9 Å². The Kier molecular flexibility index (Phi) is 1.60. The summed E-state index contributed by atoms with van der Waals surface area (Å²) < 4.78 is 5.89. The first-order valence-electron chi connectivity index (χ1n) is 5.69. The number of morpholine rings is 1. The molecule has 0 saturated carbocycles. The second-order valence-corrected chi connectivity index (χ2v) is 4.51. The minimum Gasteiger partial charge on any atom is -0.367 e. The van der Waals surface area contributed by atoms with Crippen LogP contribution in [-0.2, 0) is 11.2 Å². The van der Waals surface area contributed by atoms with Gasteiger partial charge in [-0.2, -0.15) is 5.10 Å². The summed E-state index contributed by atoms with van der Waals surface area (Å²) in [6.07, 6.45) is 1.33. The number of rotatable bonds is 0. The molecule has 0 unspecified atom stereocenters. The van der Waals surface area contributed by atoms with Crippen molar-refractivity contribution in [2.75, 3.05) is 13.3 Å². The molecule has 1 aromatic carbocycles. The van der Waals surface area contributed by atoms with Crippen LogP contribution in [0.15, 0.2) is 29.4 Å². The lowest BCUT2D eigenvalue weighted by Gasteiger charge is -2.36. The van der Waals surface area contributed by atoms with Gasteiger partial charge in [0.2, 0.25) is 0 Å². The molecular weight excluding hydrogens is 202 g/mol. The number of benzene rings is 1. The molecule has 0 aromatic heterocycles. The summed E-state index contributed by atoms with van der Waals surface area (Å²) in [5.74, 6) is 1.04. The molecule has 4 heteroatoms. The monoisotopic (exact) mass is 215 g/mol. The van der Waals surface area contributed by atoms with Gasteiger partial charge < -0.3 is 9.64 Å². The molecule has 82 valence electrons. The molecule has 3 aliphatic rings. The van der Waals surface area contributed by atoms with Crippen molar-refractivity contribution in [1.29, 1.82) is 0 Å². The van der Waals surface area contributed by atoms with E-state index in [0.717, 1.165) is 18.9 Å². The van der Waals surface area contributed by atoms with Crippen LogP contribution in [0.2, 0.25) is 0 Å². The molecule has 4 nitrogen and oxygen atoms in total. The van der Waals surface area contributed by atoms with E-state index in [4.69, 9.17) is 4.74 Å². The Morgan fingerprint density at radius 1 is 1.38 bits per heavy atom. The van der Waals surface area contributed by atoms with Crippen LogP contribution in [0.25, 0.3) is 0 Å². The maximum atomic E-state index is 5.89. The Morgan fingerprint density at radius 3 is 3.31 bits per heavy atom. The van der Waals surface area contributed by atoms with E-state index < -0.39 is 0 Å². The highest BCUT2D eigenvalue weighted by molar-refractivity contribution is 5.85. The van der Waals surface area contributed by atoms with Crippen LogP contribution >= 0.6 is 0 Å².